The zero-order chi connectivity index (χ0) is 15.0. The maximum Gasteiger partial charge on any atom is 0.325 e. The minimum atomic E-state index is -0.375. The first kappa shape index (κ1) is 15.9. The fraction of sp³-hybridized carbons (Fsp3) is 0.636. The smallest absolute Gasteiger partial charge is 0.325 e. The maximum atomic E-state index is 11.3. The molecule has 0 fully saturated rings. The van der Waals surface area contributed by atoms with Crippen molar-refractivity contribution >= 4 is 23.8 Å². The number of carbonyl (C=O) groups excluding carboxylic acids is 1. The molecule has 9 nitrogen and oxygen atoms in total. The Morgan fingerprint density at radius 1 is 1.20 bits per heavy atom. The van der Waals surface area contributed by atoms with Gasteiger partial charge in [-0.1, -0.05) is 0 Å². The lowest BCUT2D eigenvalue weighted by atomic mass is 10.5. The van der Waals surface area contributed by atoms with Crippen molar-refractivity contribution in [3.05, 3.63) is 0 Å². The van der Waals surface area contributed by atoms with Crippen LogP contribution in [0.3, 0.4) is 0 Å². The number of hydrogen-bond acceptors (Lipinski definition) is 9. The van der Waals surface area contributed by atoms with E-state index < -0.39 is 0 Å². The molecular formula is C11H21N7O2. The van der Waals surface area contributed by atoms with E-state index in [1.165, 1.54) is 0 Å². The van der Waals surface area contributed by atoms with Gasteiger partial charge in [0.2, 0.25) is 17.8 Å². The third-order valence-corrected chi connectivity index (χ3v) is 2.50. The molecule has 0 atom stereocenters. The van der Waals surface area contributed by atoms with Gasteiger partial charge in [-0.3, -0.25) is 10.2 Å². The van der Waals surface area contributed by atoms with E-state index in [2.05, 4.69) is 25.7 Å². The van der Waals surface area contributed by atoms with E-state index in [0.717, 1.165) is 13.1 Å². The van der Waals surface area contributed by atoms with E-state index in [-0.39, 0.29) is 24.4 Å². The second kappa shape index (κ2) is 8.10. The third kappa shape index (κ3) is 4.50. The summed E-state index contributed by atoms with van der Waals surface area (Å²) in [6.07, 6.45) is 0. The fourth-order valence-corrected chi connectivity index (χ4v) is 1.52. The number of nitrogens with two attached hydrogens (primary N) is 1. The van der Waals surface area contributed by atoms with Gasteiger partial charge < -0.3 is 15.0 Å². The number of nitrogen functional groups attached to an aromatic ring is 1. The summed E-state index contributed by atoms with van der Waals surface area (Å²) in [4.78, 5) is 25.7. The van der Waals surface area contributed by atoms with Gasteiger partial charge in [0, 0.05) is 13.1 Å². The average molecular weight is 283 g/mol. The Hall–Kier alpha value is -2.16. The molecule has 0 saturated carbocycles. The number of carbonyl (C=O) groups is 1. The summed E-state index contributed by atoms with van der Waals surface area (Å²) < 4.78 is 4.82. The second-order valence-electron chi connectivity index (χ2n) is 3.76. The zero-order valence-corrected chi connectivity index (χ0v) is 12.0. The van der Waals surface area contributed by atoms with Crippen LogP contribution in [0.25, 0.3) is 0 Å². The van der Waals surface area contributed by atoms with Crippen LogP contribution in [0.4, 0.5) is 17.8 Å². The number of anilines is 3. The lowest BCUT2D eigenvalue weighted by molar-refractivity contribution is -0.140. The predicted molar refractivity (Wildman–Crippen MR) is 76.3 cm³/mol. The monoisotopic (exact) mass is 283 g/mol. The van der Waals surface area contributed by atoms with Crippen molar-refractivity contribution in [2.75, 3.05) is 41.9 Å². The summed E-state index contributed by atoms with van der Waals surface area (Å²) in [5.74, 6) is 5.94. The van der Waals surface area contributed by atoms with Gasteiger partial charge in [-0.2, -0.15) is 15.0 Å². The zero-order valence-electron chi connectivity index (χ0n) is 12.0. The number of ether oxygens (including phenoxy) is 1. The molecule has 112 valence electrons. The first-order valence-electron chi connectivity index (χ1n) is 6.51. The predicted octanol–water partition coefficient (Wildman–Crippen LogP) is -0.0216. The largest absolute Gasteiger partial charge is 0.465 e. The molecule has 0 unspecified atom stereocenters. The van der Waals surface area contributed by atoms with Crippen molar-refractivity contribution in [2.45, 2.75) is 20.8 Å². The molecule has 0 amide bonds. The van der Waals surface area contributed by atoms with E-state index in [1.807, 2.05) is 18.7 Å². The summed E-state index contributed by atoms with van der Waals surface area (Å²) in [6.45, 7) is 7.56. The van der Waals surface area contributed by atoms with E-state index >= 15 is 0 Å². The van der Waals surface area contributed by atoms with Gasteiger partial charge in [-0.25, -0.2) is 5.84 Å². The molecule has 0 spiro atoms. The van der Waals surface area contributed by atoms with Gasteiger partial charge in [0.1, 0.15) is 6.54 Å². The number of esters is 1. The summed E-state index contributed by atoms with van der Waals surface area (Å²) in [7, 11) is 0. The van der Waals surface area contributed by atoms with E-state index in [4.69, 9.17) is 10.6 Å². The van der Waals surface area contributed by atoms with Crippen molar-refractivity contribution in [1.82, 2.24) is 15.0 Å². The van der Waals surface area contributed by atoms with Crippen LogP contribution in [0.5, 0.6) is 0 Å². The van der Waals surface area contributed by atoms with Crippen LogP contribution >= 0.6 is 0 Å². The first-order chi connectivity index (χ1) is 9.64. The highest BCUT2D eigenvalue weighted by Gasteiger charge is 2.11. The van der Waals surface area contributed by atoms with E-state index in [9.17, 15) is 4.79 Å². The third-order valence-electron chi connectivity index (χ3n) is 2.50. The Morgan fingerprint density at radius 2 is 1.85 bits per heavy atom. The Morgan fingerprint density at radius 3 is 2.40 bits per heavy atom. The van der Waals surface area contributed by atoms with Crippen molar-refractivity contribution in [2.24, 2.45) is 5.84 Å². The highest BCUT2D eigenvalue weighted by Crippen LogP contribution is 2.12. The highest BCUT2D eigenvalue weighted by molar-refractivity contribution is 5.74. The standard InChI is InChI=1S/C11H21N7O2/c1-4-18(5-2)11-15-9(14-10(16-11)17-12)13-7-8(19)20-6-3/h4-7,12H2,1-3H3,(H2,13,14,15,16,17). The van der Waals surface area contributed by atoms with Crippen LogP contribution < -0.4 is 21.5 Å². The fourth-order valence-electron chi connectivity index (χ4n) is 1.52. The molecular weight excluding hydrogens is 262 g/mol. The number of hydrogen-bond donors (Lipinski definition) is 3. The molecule has 0 bridgehead atoms. The molecule has 0 aliphatic heterocycles. The molecule has 9 heteroatoms. The Labute approximate surface area is 117 Å². The highest BCUT2D eigenvalue weighted by atomic mass is 16.5. The number of rotatable bonds is 8. The molecule has 20 heavy (non-hydrogen) atoms. The quantitative estimate of drug-likeness (QED) is 0.343. The van der Waals surface area contributed by atoms with Crippen molar-refractivity contribution in [3.63, 3.8) is 0 Å². The molecule has 0 radical (unpaired) electrons. The van der Waals surface area contributed by atoms with Crippen LogP contribution in [0, 0.1) is 0 Å². The lowest BCUT2D eigenvalue weighted by Crippen LogP contribution is -2.26. The number of nitrogens with one attached hydrogen (secondary N) is 2. The van der Waals surface area contributed by atoms with Gasteiger partial charge >= 0.3 is 5.97 Å². The molecule has 1 heterocycles. The van der Waals surface area contributed by atoms with Gasteiger partial charge in [0.25, 0.3) is 0 Å². The van der Waals surface area contributed by atoms with Crippen LogP contribution in [0.15, 0.2) is 0 Å². The molecule has 0 aliphatic rings. The van der Waals surface area contributed by atoms with Gasteiger partial charge in [-0.15, -0.1) is 0 Å². The summed E-state index contributed by atoms with van der Waals surface area (Å²) >= 11 is 0. The molecule has 0 saturated heterocycles. The van der Waals surface area contributed by atoms with Crippen LogP contribution in [-0.2, 0) is 9.53 Å². The Bertz CT molecular complexity index is 437. The molecule has 0 aromatic carbocycles. The summed E-state index contributed by atoms with van der Waals surface area (Å²) in [6, 6.07) is 0. The first-order valence-corrected chi connectivity index (χ1v) is 6.51. The summed E-state index contributed by atoms with van der Waals surface area (Å²) in [5, 5.41) is 2.79. The number of aromatic nitrogens is 3. The topological polar surface area (TPSA) is 118 Å². The molecule has 4 N–H and O–H groups in total. The second-order valence-corrected chi connectivity index (χ2v) is 3.76. The maximum absolute atomic E-state index is 11.3. The normalized spacial score (nSPS) is 10.0. The van der Waals surface area contributed by atoms with Gasteiger partial charge in [0.15, 0.2) is 0 Å². The minimum absolute atomic E-state index is 0.0143. The van der Waals surface area contributed by atoms with Crippen LogP contribution in [-0.4, -0.2) is 47.2 Å². The van der Waals surface area contributed by atoms with Crippen molar-refractivity contribution < 1.29 is 9.53 Å². The van der Waals surface area contributed by atoms with E-state index in [1.54, 1.807) is 6.92 Å². The number of nitrogens with zero attached hydrogens (tertiary/aromatic N) is 4. The van der Waals surface area contributed by atoms with Crippen LogP contribution in [0.1, 0.15) is 20.8 Å². The van der Waals surface area contributed by atoms with Crippen molar-refractivity contribution in [3.8, 4) is 0 Å². The Kier molecular flexibility index (Phi) is 6.44. The molecule has 1 rings (SSSR count). The molecule has 0 aliphatic carbocycles. The summed E-state index contributed by atoms with van der Waals surface area (Å²) in [5.41, 5.74) is 2.38. The minimum Gasteiger partial charge on any atom is -0.465 e. The van der Waals surface area contributed by atoms with Crippen molar-refractivity contribution in [1.29, 1.82) is 0 Å². The SMILES string of the molecule is CCOC(=O)CNc1nc(NN)nc(N(CC)CC)n1. The average Bonchev–Trinajstić information content (AvgIpc) is 2.46. The Balaban J connectivity index is 2.84. The lowest BCUT2D eigenvalue weighted by Gasteiger charge is -2.19. The molecule has 1 aromatic heterocycles. The van der Waals surface area contributed by atoms with E-state index in [0.29, 0.717) is 12.6 Å². The van der Waals surface area contributed by atoms with Gasteiger partial charge in [-0.05, 0) is 20.8 Å². The number of hydrazine groups is 1. The van der Waals surface area contributed by atoms with Gasteiger partial charge in [0.05, 0.1) is 6.61 Å². The molecule has 1 aromatic rings. The van der Waals surface area contributed by atoms with Crippen LogP contribution in [0.2, 0.25) is 0 Å².